The molecule has 3 aliphatic rings. The van der Waals surface area contributed by atoms with E-state index in [1.807, 2.05) is 37.4 Å². The molecule has 3 aliphatic heterocycles. The second kappa shape index (κ2) is 5.63. The fraction of sp³-hybridized carbons (Fsp3) is 1.00. The van der Waals surface area contributed by atoms with E-state index in [1.54, 1.807) is 0 Å². The molecule has 1 N–H and O–H groups in total. The molecule has 0 aliphatic carbocycles. The van der Waals surface area contributed by atoms with Crippen molar-refractivity contribution >= 4 is 23.5 Å². The predicted molar refractivity (Wildman–Crippen MR) is 82.1 cm³/mol. The quantitative estimate of drug-likeness (QED) is 0.842. The van der Waals surface area contributed by atoms with Gasteiger partial charge in [-0.05, 0) is 45.1 Å². The highest BCUT2D eigenvalue weighted by Crippen LogP contribution is 2.47. The minimum absolute atomic E-state index is 0.143. The van der Waals surface area contributed by atoms with Crippen LogP contribution in [0, 0.1) is 0 Å². The number of hydrogen-bond donors (Lipinski definition) is 1. The summed E-state index contributed by atoms with van der Waals surface area (Å²) in [5.74, 6) is 1.78. The fourth-order valence-electron chi connectivity index (χ4n) is 3.15. The molecule has 0 bridgehead atoms. The Balaban J connectivity index is 1.64. The molecule has 0 aromatic heterocycles. The monoisotopic (exact) mass is 320 g/mol. The van der Waals surface area contributed by atoms with Gasteiger partial charge in [0.05, 0.1) is 16.8 Å². The third kappa shape index (κ3) is 3.15. The zero-order chi connectivity index (χ0) is 14.4. The van der Waals surface area contributed by atoms with Gasteiger partial charge in [-0.1, -0.05) is 0 Å². The minimum Gasteiger partial charge on any atom is -0.388 e. The molecule has 116 valence electrons. The van der Waals surface area contributed by atoms with Gasteiger partial charge in [0, 0.05) is 0 Å². The number of thioether (sulfide) groups is 2. The molecule has 0 radical (unpaired) electrons. The topological polar surface area (TPSA) is 47.9 Å². The standard InChI is InChI=1S/C14H24O4S2/c1-13(2)17-10-8-16-9(11(15)12(10)18-13)7-14(3)19-5-4-6-20-14/h9-12,15H,4-8H2,1-3H3. The average Bonchev–Trinajstić information content (AvgIpc) is 2.69. The Morgan fingerprint density at radius 1 is 1.15 bits per heavy atom. The van der Waals surface area contributed by atoms with Crippen molar-refractivity contribution in [1.82, 2.24) is 0 Å². The van der Waals surface area contributed by atoms with E-state index in [1.165, 1.54) is 17.9 Å². The van der Waals surface area contributed by atoms with Crippen molar-refractivity contribution < 1.29 is 19.3 Å². The summed E-state index contributed by atoms with van der Waals surface area (Å²) in [5, 5.41) is 10.6. The van der Waals surface area contributed by atoms with Gasteiger partial charge in [-0.25, -0.2) is 0 Å². The van der Waals surface area contributed by atoms with Gasteiger partial charge in [0.25, 0.3) is 0 Å². The van der Waals surface area contributed by atoms with E-state index in [-0.39, 0.29) is 22.4 Å². The van der Waals surface area contributed by atoms with Crippen LogP contribution in [0.5, 0.6) is 0 Å². The number of rotatable bonds is 2. The molecule has 3 rings (SSSR count). The second-order valence-electron chi connectivity index (χ2n) is 6.39. The van der Waals surface area contributed by atoms with Crippen LogP contribution in [-0.4, -0.2) is 57.5 Å². The number of aliphatic hydroxyl groups is 1. The van der Waals surface area contributed by atoms with Gasteiger partial charge in [-0.2, -0.15) is 0 Å². The van der Waals surface area contributed by atoms with E-state index >= 15 is 0 Å². The molecule has 0 aromatic carbocycles. The first-order valence-electron chi connectivity index (χ1n) is 7.32. The zero-order valence-electron chi connectivity index (χ0n) is 12.3. The Bertz CT molecular complexity index is 357. The Labute approximate surface area is 129 Å². The van der Waals surface area contributed by atoms with E-state index in [4.69, 9.17) is 14.2 Å². The number of aliphatic hydroxyl groups excluding tert-OH is 1. The summed E-state index contributed by atoms with van der Waals surface area (Å²) in [6.45, 7) is 6.56. The summed E-state index contributed by atoms with van der Waals surface area (Å²) in [5.41, 5.74) is 0. The van der Waals surface area contributed by atoms with Crippen LogP contribution in [-0.2, 0) is 14.2 Å². The normalized spacial score (nSPS) is 43.2. The van der Waals surface area contributed by atoms with E-state index in [2.05, 4.69) is 6.92 Å². The first-order chi connectivity index (χ1) is 9.39. The molecule has 3 saturated heterocycles. The predicted octanol–water partition coefficient (Wildman–Crippen LogP) is 2.24. The number of fused-ring (bicyclic) bond motifs is 1. The number of hydrogen-bond acceptors (Lipinski definition) is 6. The Kier molecular flexibility index (Phi) is 4.35. The fourth-order valence-corrected chi connectivity index (χ4v) is 6.17. The van der Waals surface area contributed by atoms with Crippen molar-refractivity contribution in [3.8, 4) is 0 Å². The first-order valence-corrected chi connectivity index (χ1v) is 9.29. The van der Waals surface area contributed by atoms with Gasteiger partial charge < -0.3 is 19.3 Å². The van der Waals surface area contributed by atoms with Crippen molar-refractivity contribution in [1.29, 1.82) is 0 Å². The van der Waals surface area contributed by atoms with Crippen molar-refractivity contribution in [2.24, 2.45) is 0 Å². The lowest BCUT2D eigenvalue weighted by Gasteiger charge is -2.40. The van der Waals surface area contributed by atoms with E-state index in [0.717, 1.165) is 6.42 Å². The van der Waals surface area contributed by atoms with Crippen LogP contribution in [0.4, 0.5) is 0 Å². The van der Waals surface area contributed by atoms with Crippen LogP contribution < -0.4 is 0 Å². The van der Waals surface area contributed by atoms with Crippen LogP contribution >= 0.6 is 23.5 Å². The van der Waals surface area contributed by atoms with Gasteiger partial charge in [0.15, 0.2) is 5.79 Å². The van der Waals surface area contributed by atoms with Crippen LogP contribution in [0.3, 0.4) is 0 Å². The smallest absolute Gasteiger partial charge is 0.164 e. The molecule has 3 heterocycles. The number of ether oxygens (including phenoxy) is 3. The highest BCUT2D eigenvalue weighted by Gasteiger charge is 2.51. The second-order valence-corrected chi connectivity index (χ2v) is 9.84. The molecular formula is C14H24O4S2. The van der Waals surface area contributed by atoms with Crippen LogP contribution in [0.1, 0.15) is 33.6 Å². The summed E-state index contributed by atoms with van der Waals surface area (Å²) < 4.78 is 17.6. The molecule has 0 spiro atoms. The van der Waals surface area contributed by atoms with Crippen LogP contribution in [0.2, 0.25) is 0 Å². The molecule has 4 unspecified atom stereocenters. The summed E-state index contributed by atoms with van der Waals surface area (Å²) in [6.07, 6.45) is 0.972. The van der Waals surface area contributed by atoms with Gasteiger partial charge in [-0.15, -0.1) is 23.5 Å². The van der Waals surface area contributed by atoms with E-state index < -0.39 is 11.9 Å². The zero-order valence-corrected chi connectivity index (χ0v) is 14.0. The van der Waals surface area contributed by atoms with Gasteiger partial charge in [-0.3, -0.25) is 0 Å². The largest absolute Gasteiger partial charge is 0.388 e. The first kappa shape index (κ1) is 15.4. The maximum absolute atomic E-state index is 10.6. The lowest BCUT2D eigenvalue weighted by molar-refractivity contribution is -0.161. The summed E-state index contributed by atoms with van der Waals surface area (Å²) >= 11 is 3.97. The summed E-state index contributed by atoms with van der Waals surface area (Å²) in [7, 11) is 0. The lowest BCUT2D eigenvalue weighted by Crippen LogP contribution is -2.53. The Morgan fingerprint density at radius 2 is 1.85 bits per heavy atom. The van der Waals surface area contributed by atoms with Crippen molar-refractivity contribution in [3.05, 3.63) is 0 Å². The molecule has 6 heteroatoms. The Hall–Kier alpha value is 0.540. The van der Waals surface area contributed by atoms with Gasteiger partial charge in [0.2, 0.25) is 0 Å². The van der Waals surface area contributed by atoms with E-state index in [0.29, 0.717) is 6.61 Å². The molecule has 0 aromatic rings. The highest BCUT2D eigenvalue weighted by molar-refractivity contribution is 8.18. The summed E-state index contributed by atoms with van der Waals surface area (Å²) in [6, 6.07) is 0. The maximum Gasteiger partial charge on any atom is 0.164 e. The SMILES string of the molecule is CC1(C)OC2COC(CC3(C)SCCCS3)C(O)C2O1. The molecule has 0 saturated carbocycles. The molecule has 4 nitrogen and oxygen atoms in total. The third-order valence-corrected chi connectivity index (χ3v) is 7.34. The summed E-state index contributed by atoms with van der Waals surface area (Å²) in [4.78, 5) is 0. The average molecular weight is 320 g/mol. The van der Waals surface area contributed by atoms with Crippen molar-refractivity contribution in [2.45, 2.75) is 67.9 Å². The van der Waals surface area contributed by atoms with Crippen LogP contribution in [0.15, 0.2) is 0 Å². The third-order valence-electron chi connectivity index (χ3n) is 4.09. The lowest BCUT2D eigenvalue weighted by atomic mass is 9.97. The van der Waals surface area contributed by atoms with Gasteiger partial charge >= 0.3 is 0 Å². The van der Waals surface area contributed by atoms with Crippen LogP contribution in [0.25, 0.3) is 0 Å². The molecule has 3 fully saturated rings. The minimum atomic E-state index is -0.618. The highest BCUT2D eigenvalue weighted by atomic mass is 32.2. The van der Waals surface area contributed by atoms with Crippen molar-refractivity contribution in [2.75, 3.05) is 18.1 Å². The Morgan fingerprint density at radius 3 is 2.55 bits per heavy atom. The molecule has 20 heavy (non-hydrogen) atoms. The van der Waals surface area contributed by atoms with E-state index in [9.17, 15) is 5.11 Å². The molecular weight excluding hydrogens is 296 g/mol. The maximum atomic E-state index is 10.6. The molecule has 0 amide bonds. The van der Waals surface area contributed by atoms with Gasteiger partial charge in [0.1, 0.15) is 18.3 Å². The molecule has 4 atom stereocenters. The van der Waals surface area contributed by atoms with Crippen molar-refractivity contribution in [3.63, 3.8) is 0 Å².